The largest absolute Gasteiger partial charge is 0.466 e. The van der Waals surface area contributed by atoms with E-state index >= 15 is 0 Å². The Labute approximate surface area is 176 Å². The van der Waals surface area contributed by atoms with Crippen LogP contribution in [-0.4, -0.2) is 35.0 Å². The number of nitrogens with one attached hydrogen (secondary N) is 1. The Bertz CT molecular complexity index is 862. The number of nitro benzene ring substituents is 1. The number of carbonyl (C=O) groups is 2. The molecule has 9 heteroatoms. The van der Waals surface area contributed by atoms with E-state index in [1.54, 1.807) is 19.9 Å². The van der Waals surface area contributed by atoms with E-state index in [-0.39, 0.29) is 23.4 Å². The lowest BCUT2D eigenvalue weighted by Gasteiger charge is -2.30. The molecule has 1 aliphatic rings. The number of rotatable bonds is 7. The van der Waals surface area contributed by atoms with Crippen molar-refractivity contribution in [3.8, 4) is 0 Å². The molecule has 0 bridgehead atoms. The molecule has 150 valence electrons. The highest BCUT2D eigenvalue weighted by Crippen LogP contribution is 2.40. The van der Waals surface area contributed by atoms with E-state index in [0.29, 0.717) is 23.4 Å². The molecule has 0 fully saturated rings. The highest BCUT2D eigenvalue weighted by atomic mass is 127. The Morgan fingerprint density at radius 1 is 1.21 bits per heavy atom. The van der Waals surface area contributed by atoms with Crippen LogP contribution in [0.25, 0.3) is 0 Å². The van der Waals surface area contributed by atoms with Crippen LogP contribution in [0.15, 0.2) is 46.8 Å². The second-order valence-corrected chi connectivity index (χ2v) is 7.24. The number of carbonyl (C=O) groups excluding carboxylic acids is 2. The molecule has 0 aromatic heterocycles. The zero-order chi connectivity index (χ0) is 20.8. The van der Waals surface area contributed by atoms with Crippen molar-refractivity contribution in [2.75, 3.05) is 18.1 Å². The summed E-state index contributed by atoms with van der Waals surface area (Å²) in [6, 6.07) is 5.88. The smallest absolute Gasteiger partial charge is 0.336 e. The van der Waals surface area contributed by atoms with Crippen LogP contribution in [0, 0.1) is 10.1 Å². The minimum atomic E-state index is -0.833. The third-order valence-electron chi connectivity index (χ3n) is 4.31. The summed E-state index contributed by atoms with van der Waals surface area (Å²) in [7, 11) is 1.25. The minimum Gasteiger partial charge on any atom is -0.466 e. The van der Waals surface area contributed by atoms with E-state index in [2.05, 4.69) is 27.9 Å². The molecule has 1 heterocycles. The van der Waals surface area contributed by atoms with E-state index in [1.807, 2.05) is 0 Å². The average Bonchev–Trinajstić information content (AvgIpc) is 2.67. The van der Waals surface area contributed by atoms with Crippen molar-refractivity contribution in [1.82, 2.24) is 5.32 Å². The molecule has 8 nitrogen and oxygen atoms in total. The summed E-state index contributed by atoms with van der Waals surface area (Å²) >= 11 is 2.19. The number of halogens is 1. The Kier molecular flexibility index (Phi) is 7.55. The van der Waals surface area contributed by atoms with E-state index in [9.17, 15) is 19.7 Å². The van der Waals surface area contributed by atoms with Gasteiger partial charge in [-0.15, -0.1) is 0 Å². The topological polar surface area (TPSA) is 108 Å². The molecule has 1 aliphatic heterocycles. The van der Waals surface area contributed by atoms with E-state index in [0.717, 1.165) is 4.43 Å². The first-order valence-electron chi connectivity index (χ1n) is 8.56. The second-order valence-electron chi connectivity index (χ2n) is 6.16. The van der Waals surface area contributed by atoms with Crippen molar-refractivity contribution in [2.45, 2.75) is 26.2 Å². The molecule has 1 unspecified atom stereocenters. The summed E-state index contributed by atoms with van der Waals surface area (Å²) < 4.78 is 11.1. The summed E-state index contributed by atoms with van der Waals surface area (Å²) in [5, 5.41) is 14.2. The van der Waals surface area contributed by atoms with Gasteiger partial charge in [-0.25, -0.2) is 9.59 Å². The summed E-state index contributed by atoms with van der Waals surface area (Å²) in [6.45, 7) is 3.64. The van der Waals surface area contributed by atoms with Gasteiger partial charge in [-0.1, -0.05) is 34.7 Å². The van der Waals surface area contributed by atoms with Gasteiger partial charge in [0.1, 0.15) is 0 Å². The van der Waals surface area contributed by atoms with Gasteiger partial charge in [-0.2, -0.15) is 0 Å². The summed E-state index contributed by atoms with van der Waals surface area (Å²) in [5.41, 5.74) is 1.81. The number of allylic oxidation sites excluding steroid dienone is 2. The number of benzene rings is 1. The van der Waals surface area contributed by atoms with Gasteiger partial charge in [0.15, 0.2) is 0 Å². The maximum Gasteiger partial charge on any atom is 0.336 e. The average molecular weight is 500 g/mol. The molecule has 1 N–H and O–H groups in total. The van der Waals surface area contributed by atoms with Gasteiger partial charge in [0, 0.05) is 28.0 Å². The molecule has 0 spiro atoms. The molecule has 2 rings (SSSR count). The quantitative estimate of drug-likeness (QED) is 0.153. The molecule has 0 saturated heterocycles. The third-order valence-corrected chi connectivity index (χ3v) is 5.07. The van der Waals surface area contributed by atoms with Gasteiger partial charge in [-0.05, 0) is 25.8 Å². The summed E-state index contributed by atoms with van der Waals surface area (Å²) in [6.07, 6.45) is 0.701. The first kappa shape index (κ1) is 21.9. The van der Waals surface area contributed by atoms with Crippen LogP contribution in [0.3, 0.4) is 0 Å². The number of hydrogen-bond donors (Lipinski definition) is 1. The number of nitrogens with zero attached hydrogens (tertiary/aromatic N) is 1. The first-order valence-corrected chi connectivity index (χ1v) is 10.1. The fraction of sp³-hybridized carbons (Fsp3) is 0.368. The zero-order valence-corrected chi connectivity index (χ0v) is 17.9. The van der Waals surface area contributed by atoms with Crippen LogP contribution < -0.4 is 5.32 Å². The first-order chi connectivity index (χ1) is 13.3. The molecule has 0 amide bonds. The van der Waals surface area contributed by atoms with E-state index < -0.39 is 22.8 Å². The Hall–Kier alpha value is -2.43. The highest BCUT2D eigenvalue weighted by Gasteiger charge is 2.38. The number of alkyl halides is 1. The number of methoxy groups -OCH3 is 1. The van der Waals surface area contributed by atoms with Crippen molar-refractivity contribution < 1.29 is 24.0 Å². The predicted molar refractivity (Wildman–Crippen MR) is 111 cm³/mol. The van der Waals surface area contributed by atoms with Crippen molar-refractivity contribution >= 4 is 40.2 Å². The molecule has 0 saturated carbocycles. The molecular formula is C19H21IN2O6. The molecular weight excluding hydrogens is 479 g/mol. The monoisotopic (exact) mass is 500 g/mol. The molecule has 28 heavy (non-hydrogen) atoms. The minimum absolute atomic E-state index is 0.131. The van der Waals surface area contributed by atoms with Crippen LogP contribution in [0.5, 0.6) is 0 Å². The predicted octanol–water partition coefficient (Wildman–Crippen LogP) is 3.37. The van der Waals surface area contributed by atoms with Gasteiger partial charge in [0.25, 0.3) is 5.69 Å². The molecule has 0 aliphatic carbocycles. The Morgan fingerprint density at radius 2 is 1.86 bits per heavy atom. The fourth-order valence-electron chi connectivity index (χ4n) is 3.09. The van der Waals surface area contributed by atoms with E-state index in [1.165, 1.54) is 25.3 Å². The number of nitro groups is 1. The van der Waals surface area contributed by atoms with Gasteiger partial charge >= 0.3 is 11.9 Å². The number of esters is 2. The number of non-ortho nitro benzene ring substituents is 1. The maximum atomic E-state index is 12.8. The number of dihydropyridines is 1. The van der Waals surface area contributed by atoms with Crippen LogP contribution in [-0.2, 0) is 19.1 Å². The normalized spacial score (nSPS) is 16.5. The lowest BCUT2D eigenvalue weighted by Crippen LogP contribution is -2.32. The molecule has 1 atom stereocenters. The van der Waals surface area contributed by atoms with Crippen LogP contribution in [0.4, 0.5) is 5.69 Å². The Balaban J connectivity index is 2.60. The SMILES string of the molecule is COC(=O)C1=C(C)NC(C)=C(C(=O)OCCCI)C1c1cccc([N+](=O)[O-])c1. The van der Waals surface area contributed by atoms with E-state index in [4.69, 9.17) is 9.47 Å². The van der Waals surface area contributed by atoms with Crippen molar-refractivity contribution in [2.24, 2.45) is 0 Å². The lowest BCUT2D eigenvalue weighted by atomic mass is 9.80. The summed E-state index contributed by atoms with van der Waals surface area (Å²) in [5.74, 6) is -2.02. The highest BCUT2D eigenvalue weighted by molar-refractivity contribution is 14.1. The number of hydrogen-bond acceptors (Lipinski definition) is 7. The van der Waals surface area contributed by atoms with Gasteiger partial charge in [0.05, 0.1) is 35.7 Å². The Morgan fingerprint density at radius 3 is 2.43 bits per heavy atom. The van der Waals surface area contributed by atoms with Crippen molar-refractivity contribution in [3.63, 3.8) is 0 Å². The fourth-order valence-corrected chi connectivity index (χ4v) is 3.40. The zero-order valence-electron chi connectivity index (χ0n) is 15.8. The molecule has 1 aromatic carbocycles. The van der Waals surface area contributed by atoms with Crippen LogP contribution in [0.2, 0.25) is 0 Å². The summed E-state index contributed by atoms with van der Waals surface area (Å²) in [4.78, 5) is 36.0. The van der Waals surface area contributed by atoms with Gasteiger partial charge < -0.3 is 14.8 Å². The molecule has 1 aromatic rings. The standard InChI is InChI=1S/C19H21IN2O6/c1-11-15(18(23)27-3)17(13-6-4-7-14(10-13)22(25)26)16(12(2)21-11)19(24)28-9-5-8-20/h4,6-7,10,17,21H,5,8-9H2,1-3H3. The number of ether oxygens (including phenoxy) is 2. The van der Waals surface area contributed by atoms with Gasteiger partial charge in [0.2, 0.25) is 0 Å². The van der Waals surface area contributed by atoms with Crippen LogP contribution in [0.1, 0.15) is 31.7 Å². The van der Waals surface area contributed by atoms with Crippen molar-refractivity contribution in [3.05, 3.63) is 62.5 Å². The molecule has 0 radical (unpaired) electrons. The van der Waals surface area contributed by atoms with Crippen LogP contribution >= 0.6 is 22.6 Å². The van der Waals surface area contributed by atoms with Gasteiger partial charge in [-0.3, -0.25) is 10.1 Å². The lowest BCUT2D eigenvalue weighted by molar-refractivity contribution is -0.384. The third kappa shape index (κ3) is 4.70. The maximum absolute atomic E-state index is 12.8. The van der Waals surface area contributed by atoms with Crippen molar-refractivity contribution in [1.29, 1.82) is 0 Å². The second kappa shape index (κ2) is 9.67.